The van der Waals surface area contributed by atoms with Gasteiger partial charge in [0.05, 0.1) is 12.1 Å². The van der Waals surface area contributed by atoms with Gasteiger partial charge in [-0.15, -0.1) is 0 Å². The molecule has 1 aromatic heterocycles. The molecule has 0 aliphatic rings. The lowest BCUT2D eigenvalue weighted by molar-refractivity contribution is -0.115. The molecule has 0 fully saturated rings. The van der Waals surface area contributed by atoms with Gasteiger partial charge >= 0.3 is 0 Å². The number of aryl methyl sites for hydroxylation is 2. The number of halogens is 2. The zero-order valence-electron chi connectivity index (χ0n) is 14.3. The number of hydrogen-bond donors (Lipinski definition) is 1. The van der Waals surface area contributed by atoms with Gasteiger partial charge in [-0.05, 0) is 48.9 Å². The smallest absolute Gasteiger partial charge is 0.229 e. The van der Waals surface area contributed by atoms with Crippen molar-refractivity contribution in [1.82, 2.24) is 9.78 Å². The Balaban J connectivity index is 1.61. The third kappa shape index (κ3) is 4.36. The Morgan fingerprint density at radius 2 is 1.65 bits per heavy atom. The standard InChI is InChI=1S/C19H17Cl2N3O2/c1-12-18(21)19(24(2)23-12)22-17(25)11-13-3-7-15(8-4-13)26-16-9-5-14(20)6-10-16/h3-10H,11H2,1-2H3,(H,22,25). The summed E-state index contributed by atoms with van der Waals surface area (Å²) in [6.45, 7) is 1.79. The first-order valence-corrected chi connectivity index (χ1v) is 8.69. The molecule has 0 bridgehead atoms. The van der Waals surface area contributed by atoms with E-state index >= 15 is 0 Å². The number of benzene rings is 2. The van der Waals surface area contributed by atoms with Gasteiger partial charge in [0.25, 0.3) is 0 Å². The van der Waals surface area contributed by atoms with E-state index in [1.54, 1.807) is 42.9 Å². The summed E-state index contributed by atoms with van der Waals surface area (Å²) < 4.78 is 7.29. The molecule has 0 aliphatic carbocycles. The minimum absolute atomic E-state index is 0.165. The number of rotatable bonds is 5. The van der Waals surface area contributed by atoms with Crippen LogP contribution in [0.5, 0.6) is 11.5 Å². The van der Waals surface area contributed by atoms with Gasteiger partial charge in [-0.1, -0.05) is 35.3 Å². The zero-order chi connectivity index (χ0) is 18.7. The number of carbonyl (C=O) groups excluding carboxylic acids is 1. The van der Waals surface area contributed by atoms with Gasteiger partial charge in [-0.2, -0.15) is 5.10 Å². The van der Waals surface area contributed by atoms with Crippen molar-refractivity contribution in [3.63, 3.8) is 0 Å². The van der Waals surface area contributed by atoms with Crippen LogP contribution < -0.4 is 10.1 Å². The van der Waals surface area contributed by atoms with Crippen molar-refractivity contribution in [1.29, 1.82) is 0 Å². The third-order valence-electron chi connectivity index (χ3n) is 3.74. The number of hydrogen-bond acceptors (Lipinski definition) is 3. The first kappa shape index (κ1) is 18.3. The first-order chi connectivity index (χ1) is 12.4. The second-order valence-corrected chi connectivity index (χ2v) is 6.61. The number of carbonyl (C=O) groups is 1. The Morgan fingerprint density at radius 3 is 2.19 bits per heavy atom. The SMILES string of the molecule is Cc1nn(C)c(NC(=O)Cc2ccc(Oc3ccc(Cl)cc3)cc2)c1Cl. The summed E-state index contributed by atoms with van der Waals surface area (Å²) >= 11 is 12.0. The first-order valence-electron chi connectivity index (χ1n) is 7.93. The highest BCUT2D eigenvalue weighted by Crippen LogP contribution is 2.25. The molecule has 0 spiro atoms. The predicted molar refractivity (Wildman–Crippen MR) is 103 cm³/mol. The van der Waals surface area contributed by atoms with Crippen molar-refractivity contribution >= 4 is 34.9 Å². The molecule has 3 rings (SSSR count). The summed E-state index contributed by atoms with van der Waals surface area (Å²) in [4.78, 5) is 12.2. The van der Waals surface area contributed by atoms with Gasteiger partial charge in [-0.3, -0.25) is 9.48 Å². The normalized spacial score (nSPS) is 10.6. The zero-order valence-corrected chi connectivity index (χ0v) is 15.8. The van der Waals surface area contributed by atoms with Crippen molar-refractivity contribution in [3.05, 3.63) is 69.8 Å². The van der Waals surface area contributed by atoms with Crippen molar-refractivity contribution < 1.29 is 9.53 Å². The predicted octanol–water partition coefficient (Wildman–Crippen LogP) is 5.01. The fourth-order valence-corrected chi connectivity index (χ4v) is 2.78. The molecule has 0 unspecified atom stereocenters. The number of anilines is 1. The number of nitrogens with zero attached hydrogens (tertiary/aromatic N) is 2. The fourth-order valence-electron chi connectivity index (χ4n) is 2.44. The van der Waals surface area contributed by atoms with Crippen LogP contribution in [0, 0.1) is 6.92 Å². The van der Waals surface area contributed by atoms with Crippen LogP contribution in [0.2, 0.25) is 10.0 Å². The molecule has 134 valence electrons. The van der Waals surface area contributed by atoms with E-state index in [0.29, 0.717) is 33.1 Å². The van der Waals surface area contributed by atoms with Crippen LogP contribution in [0.25, 0.3) is 0 Å². The molecular weight excluding hydrogens is 373 g/mol. The molecule has 0 saturated carbocycles. The van der Waals surface area contributed by atoms with Gasteiger partial charge < -0.3 is 10.1 Å². The molecule has 0 atom stereocenters. The van der Waals surface area contributed by atoms with E-state index in [0.717, 1.165) is 5.56 Å². The van der Waals surface area contributed by atoms with E-state index in [4.69, 9.17) is 27.9 Å². The van der Waals surface area contributed by atoms with Gasteiger partial charge in [-0.25, -0.2) is 0 Å². The maximum Gasteiger partial charge on any atom is 0.229 e. The van der Waals surface area contributed by atoms with Crippen LogP contribution >= 0.6 is 23.2 Å². The van der Waals surface area contributed by atoms with Crippen LogP contribution in [-0.4, -0.2) is 15.7 Å². The highest BCUT2D eigenvalue weighted by Gasteiger charge is 2.14. The molecule has 5 nitrogen and oxygen atoms in total. The van der Waals surface area contributed by atoms with Crippen LogP contribution in [0.3, 0.4) is 0 Å². The van der Waals surface area contributed by atoms with E-state index in [9.17, 15) is 4.79 Å². The Bertz CT molecular complexity index is 919. The lowest BCUT2D eigenvalue weighted by Gasteiger charge is -2.08. The number of ether oxygens (including phenoxy) is 1. The monoisotopic (exact) mass is 389 g/mol. The van der Waals surface area contributed by atoms with Gasteiger partial charge in [0, 0.05) is 12.1 Å². The van der Waals surface area contributed by atoms with Crippen molar-refractivity contribution in [2.75, 3.05) is 5.32 Å². The average molecular weight is 390 g/mol. The summed E-state index contributed by atoms with van der Waals surface area (Å²) in [6.07, 6.45) is 0.224. The largest absolute Gasteiger partial charge is 0.457 e. The van der Waals surface area contributed by atoms with E-state index in [2.05, 4.69) is 10.4 Å². The molecule has 26 heavy (non-hydrogen) atoms. The van der Waals surface area contributed by atoms with Crippen LogP contribution in [0.1, 0.15) is 11.3 Å². The maximum atomic E-state index is 12.2. The Hall–Kier alpha value is -2.50. The van der Waals surface area contributed by atoms with Crippen LogP contribution in [0.4, 0.5) is 5.82 Å². The number of nitrogens with one attached hydrogen (secondary N) is 1. The highest BCUT2D eigenvalue weighted by molar-refractivity contribution is 6.34. The molecule has 2 aromatic carbocycles. The average Bonchev–Trinajstić information content (AvgIpc) is 2.85. The van der Waals surface area contributed by atoms with Crippen molar-refractivity contribution in [3.8, 4) is 11.5 Å². The maximum absolute atomic E-state index is 12.2. The minimum Gasteiger partial charge on any atom is -0.457 e. The molecule has 1 heterocycles. The summed E-state index contributed by atoms with van der Waals surface area (Å²) in [7, 11) is 1.73. The van der Waals surface area contributed by atoms with E-state index < -0.39 is 0 Å². The fraction of sp³-hybridized carbons (Fsp3) is 0.158. The minimum atomic E-state index is -0.165. The second kappa shape index (κ2) is 7.81. The Morgan fingerprint density at radius 1 is 1.08 bits per heavy atom. The lowest BCUT2D eigenvalue weighted by Crippen LogP contribution is -2.16. The second-order valence-electron chi connectivity index (χ2n) is 5.80. The Labute approximate surface area is 161 Å². The summed E-state index contributed by atoms with van der Waals surface area (Å²) in [5.41, 5.74) is 1.54. The third-order valence-corrected chi connectivity index (χ3v) is 4.45. The van der Waals surface area contributed by atoms with Crippen LogP contribution in [0.15, 0.2) is 48.5 Å². The Kier molecular flexibility index (Phi) is 5.49. The molecular formula is C19H17Cl2N3O2. The summed E-state index contributed by atoms with van der Waals surface area (Å²) in [5, 5.41) is 8.07. The molecule has 1 N–H and O–H groups in total. The lowest BCUT2D eigenvalue weighted by atomic mass is 10.1. The van der Waals surface area contributed by atoms with Crippen molar-refractivity contribution in [2.45, 2.75) is 13.3 Å². The van der Waals surface area contributed by atoms with E-state index in [1.165, 1.54) is 0 Å². The summed E-state index contributed by atoms with van der Waals surface area (Å²) in [5.74, 6) is 1.71. The van der Waals surface area contributed by atoms with Gasteiger partial charge in [0.15, 0.2) is 0 Å². The molecule has 0 saturated heterocycles. The molecule has 3 aromatic rings. The summed E-state index contributed by atoms with van der Waals surface area (Å²) in [6, 6.07) is 14.5. The highest BCUT2D eigenvalue weighted by atomic mass is 35.5. The van der Waals surface area contributed by atoms with Crippen molar-refractivity contribution in [2.24, 2.45) is 7.05 Å². The molecule has 7 heteroatoms. The number of aromatic nitrogens is 2. The molecule has 0 aliphatic heterocycles. The number of amides is 1. The van der Waals surface area contributed by atoms with Gasteiger partial charge in [0.1, 0.15) is 22.3 Å². The molecule has 0 radical (unpaired) electrons. The van der Waals surface area contributed by atoms with Crippen LogP contribution in [-0.2, 0) is 18.3 Å². The quantitative estimate of drug-likeness (QED) is 0.667. The topological polar surface area (TPSA) is 56.2 Å². The van der Waals surface area contributed by atoms with E-state index in [-0.39, 0.29) is 12.3 Å². The van der Waals surface area contributed by atoms with Gasteiger partial charge in [0.2, 0.25) is 5.91 Å². The van der Waals surface area contributed by atoms with E-state index in [1.807, 2.05) is 24.3 Å². The molecule has 1 amide bonds.